The van der Waals surface area contributed by atoms with E-state index in [2.05, 4.69) is 21.7 Å². The predicted octanol–water partition coefficient (Wildman–Crippen LogP) is 3.90. The molecular formula is C24H32F3N3O2S. The average Bonchev–Trinajstić information content (AvgIpc) is 3.12. The summed E-state index contributed by atoms with van der Waals surface area (Å²) in [5, 5.41) is 0.725. The Kier molecular flexibility index (Phi) is 6.02. The average molecular weight is 484 g/mol. The first-order valence-corrected chi connectivity index (χ1v) is 13.8. The Morgan fingerprint density at radius 1 is 1.09 bits per heavy atom. The number of likely N-dealkylation sites (tertiary alicyclic amines) is 1. The first kappa shape index (κ1) is 23.2. The number of halogens is 3. The SMILES string of the molecule is C[C@H]1c2c([nH]c3ccc(C(F)(F)F)cc23)C[C@H]2CCN(CCCN3CCS(=O)(=O)CC3)C[C@@H]21. The molecule has 0 radical (unpaired) electrons. The van der Waals surface area contributed by atoms with Crippen LogP contribution in [0.3, 0.4) is 0 Å². The van der Waals surface area contributed by atoms with Gasteiger partial charge in [-0.05, 0) is 80.4 Å². The summed E-state index contributed by atoms with van der Waals surface area (Å²) in [6, 6.07) is 4.06. The van der Waals surface area contributed by atoms with E-state index in [1.807, 2.05) is 0 Å². The molecule has 1 N–H and O–H groups in total. The van der Waals surface area contributed by atoms with Crippen LogP contribution in [0.15, 0.2) is 18.2 Å². The van der Waals surface area contributed by atoms with Gasteiger partial charge in [-0.1, -0.05) is 6.92 Å². The first-order valence-electron chi connectivity index (χ1n) is 12.0. The molecule has 9 heteroatoms. The third kappa shape index (κ3) is 4.68. The van der Waals surface area contributed by atoms with Crippen molar-refractivity contribution in [2.45, 2.75) is 38.3 Å². The molecule has 1 aliphatic carbocycles. The number of benzene rings is 1. The molecule has 0 bridgehead atoms. The molecule has 182 valence electrons. The maximum Gasteiger partial charge on any atom is 0.416 e. The molecule has 33 heavy (non-hydrogen) atoms. The fourth-order valence-electron chi connectivity index (χ4n) is 6.22. The fraction of sp³-hybridized carbons (Fsp3) is 0.667. The molecule has 0 amide bonds. The molecule has 0 saturated carbocycles. The molecule has 3 atom stereocenters. The Labute approximate surface area is 193 Å². The molecule has 0 unspecified atom stereocenters. The van der Waals surface area contributed by atoms with E-state index in [1.165, 1.54) is 12.1 Å². The quantitative estimate of drug-likeness (QED) is 0.717. The number of hydrogen-bond donors (Lipinski definition) is 1. The van der Waals surface area contributed by atoms with E-state index in [-0.39, 0.29) is 17.4 Å². The van der Waals surface area contributed by atoms with Gasteiger partial charge in [-0.3, -0.25) is 0 Å². The lowest BCUT2D eigenvalue weighted by molar-refractivity contribution is -0.137. The highest BCUT2D eigenvalue weighted by molar-refractivity contribution is 7.91. The van der Waals surface area contributed by atoms with Crippen molar-refractivity contribution in [3.8, 4) is 0 Å². The standard InChI is InChI=1S/C24H32F3N3O2S/c1-16-20-15-30(7-2-6-29-9-11-33(31,32)12-10-29)8-5-17(20)13-22-23(16)19-14-18(24(25,26)27)3-4-21(19)28-22/h3-4,14,16-17,20,28H,2,5-13,15H2,1H3/t16-,17-,20-/m1/s1. The second-order valence-electron chi connectivity index (χ2n) is 10.1. The number of H-pyrrole nitrogens is 1. The van der Waals surface area contributed by atoms with Crippen molar-refractivity contribution in [1.82, 2.24) is 14.8 Å². The van der Waals surface area contributed by atoms with Gasteiger partial charge in [0, 0.05) is 36.2 Å². The van der Waals surface area contributed by atoms with Gasteiger partial charge in [-0.2, -0.15) is 13.2 Å². The van der Waals surface area contributed by atoms with Crippen molar-refractivity contribution in [1.29, 1.82) is 0 Å². The molecule has 3 heterocycles. The molecule has 1 aromatic carbocycles. The maximum atomic E-state index is 13.3. The molecule has 2 aromatic rings. The second-order valence-corrected chi connectivity index (χ2v) is 12.4. The van der Waals surface area contributed by atoms with Gasteiger partial charge in [0.05, 0.1) is 17.1 Å². The van der Waals surface area contributed by atoms with E-state index < -0.39 is 21.6 Å². The van der Waals surface area contributed by atoms with Crippen LogP contribution in [0.1, 0.15) is 42.5 Å². The zero-order chi connectivity index (χ0) is 23.4. The van der Waals surface area contributed by atoms with Crippen LogP contribution in [0, 0.1) is 11.8 Å². The summed E-state index contributed by atoms with van der Waals surface area (Å²) in [6.07, 6.45) is -1.30. The smallest absolute Gasteiger partial charge is 0.358 e. The summed E-state index contributed by atoms with van der Waals surface area (Å²) < 4.78 is 63.1. The number of fused-ring (bicyclic) bond motifs is 4. The van der Waals surface area contributed by atoms with Gasteiger partial charge < -0.3 is 14.8 Å². The minimum Gasteiger partial charge on any atom is -0.358 e. The van der Waals surface area contributed by atoms with Crippen molar-refractivity contribution >= 4 is 20.7 Å². The van der Waals surface area contributed by atoms with Crippen LogP contribution in [-0.2, 0) is 22.4 Å². The second kappa shape index (κ2) is 8.57. The number of alkyl halides is 3. The van der Waals surface area contributed by atoms with Crippen LogP contribution < -0.4 is 0 Å². The predicted molar refractivity (Wildman–Crippen MR) is 123 cm³/mol. The molecule has 2 aliphatic heterocycles. The molecule has 3 aliphatic rings. The lowest BCUT2D eigenvalue weighted by Crippen LogP contribution is -2.46. The van der Waals surface area contributed by atoms with E-state index >= 15 is 0 Å². The number of aromatic amines is 1. The van der Waals surface area contributed by atoms with Crippen LogP contribution in [0.4, 0.5) is 13.2 Å². The normalized spacial score (nSPS) is 28.5. The summed E-state index contributed by atoms with van der Waals surface area (Å²) in [5.41, 5.74) is 2.42. The van der Waals surface area contributed by atoms with Crippen LogP contribution in [-0.4, -0.2) is 74.0 Å². The summed E-state index contributed by atoms with van der Waals surface area (Å²) in [5.74, 6) is 1.75. The highest BCUT2D eigenvalue weighted by atomic mass is 32.2. The van der Waals surface area contributed by atoms with Crippen molar-refractivity contribution in [2.24, 2.45) is 11.8 Å². The molecule has 2 fully saturated rings. The summed E-state index contributed by atoms with van der Waals surface area (Å²) >= 11 is 0. The monoisotopic (exact) mass is 483 g/mol. The number of sulfone groups is 1. The van der Waals surface area contributed by atoms with E-state index in [0.29, 0.717) is 24.9 Å². The van der Waals surface area contributed by atoms with Crippen LogP contribution in [0.2, 0.25) is 0 Å². The maximum absolute atomic E-state index is 13.3. The van der Waals surface area contributed by atoms with Gasteiger partial charge in [-0.15, -0.1) is 0 Å². The Balaban J connectivity index is 1.25. The summed E-state index contributed by atoms with van der Waals surface area (Å²) in [4.78, 5) is 8.16. The Morgan fingerprint density at radius 3 is 2.55 bits per heavy atom. The van der Waals surface area contributed by atoms with Crippen LogP contribution >= 0.6 is 0 Å². The highest BCUT2D eigenvalue weighted by Crippen LogP contribution is 2.46. The highest BCUT2D eigenvalue weighted by Gasteiger charge is 2.40. The topological polar surface area (TPSA) is 56.4 Å². The molecule has 0 spiro atoms. The van der Waals surface area contributed by atoms with E-state index in [9.17, 15) is 21.6 Å². The molecular weight excluding hydrogens is 451 g/mol. The van der Waals surface area contributed by atoms with Gasteiger partial charge in [-0.25, -0.2) is 8.42 Å². The molecule has 1 aromatic heterocycles. The zero-order valence-corrected chi connectivity index (χ0v) is 19.8. The minimum absolute atomic E-state index is 0.214. The third-order valence-corrected chi connectivity index (χ3v) is 9.70. The van der Waals surface area contributed by atoms with Crippen molar-refractivity contribution < 1.29 is 21.6 Å². The van der Waals surface area contributed by atoms with E-state index in [4.69, 9.17) is 0 Å². The largest absolute Gasteiger partial charge is 0.416 e. The Hall–Kier alpha value is -1.58. The molecule has 5 rings (SSSR count). The number of piperidine rings is 1. The fourth-order valence-corrected chi connectivity index (χ4v) is 7.49. The van der Waals surface area contributed by atoms with E-state index in [0.717, 1.165) is 67.6 Å². The van der Waals surface area contributed by atoms with Gasteiger partial charge in [0.2, 0.25) is 0 Å². The lowest BCUT2D eigenvalue weighted by Gasteiger charge is -2.44. The van der Waals surface area contributed by atoms with Gasteiger partial charge >= 0.3 is 6.18 Å². The molecule has 2 saturated heterocycles. The van der Waals surface area contributed by atoms with Crippen molar-refractivity contribution in [3.63, 3.8) is 0 Å². The van der Waals surface area contributed by atoms with Crippen LogP contribution in [0.5, 0.6) is 0 Å². The van der Waals surface area contributed by atoms with Gasteiger partial charge in [0.25, 0.3) is 0 Å². The number of nitrogens with one attached hydrogen (secondary N) is 1. The van der Waals surface area contributed by atoms with Crippen molar-refractivity contribution in [2.75, 3.05) is 50.8 Å². The minimum atomic E-state index is -4.33. The summed E-state index contributed by atoms with van der Waals surface area (Å²) in [6.45, 7) is 7.38. The molecule has 5 nitrogen and oxygen atoms in total. The third-order valence-electron chi connectivity index (χ3n) is 8.09. The number of aromatic nitrogens is 1. The zero-order valence-electron chi connectivity index (χ0n) is 19.0. The Morgan fingerprint density at radius 2 is 1.82 bits per heavy atom. The van der Waals surface area contributed by atoms with E-state index in [1.54, 1.807) is 6.07 Å². The summed E-state index contributed by atoms with van der Waals surface area (Å²) in [7, 11) is -2.84. The number of rotatable bonds is 4. The Bertz CT molecular complexity index is 1110. The first-order chi connectivity index (χ1) is 15.6. The van der Waals surface area contributed by atoms with Gasteiger partial charge in [0.15, 0.2) is 9.84 Å². The van der Waals surface area contributed by atoms with Gasteiger partial charge in [0.1, 0.15) is 0 Å². The van der Waals surface area contributed by atoms with Crippen LogP contribution in [0.25, 0.3) is 10.9 Å². The van der Waals surface area contributed by atoms with Crippen molar-refractivity contribution in [3.05, 3.63) is 35.0 Å². The number of hydrogen-bond acceptors (Lipinski definition) is 4. The number of nitrogens with zero attached hydrogens (tertiary/aromatic N) is 2. The lowest BCUT2D eigenvalue weighted by atomic mass is 9.68.